The molecule has 0 aromatic carbocycles. The van der Waals surface area contributed by atoms with Crippen LogP contribution < -0.4 is 5.32 Å². The van der Waals surface area contributed by atoms with Crippen LogP contribution in [0.3, 0.4) is 0 Å². The molecule has 1 aliphatic carbocycles. The van der Waals surface area contributed by atoms with Crippen molar-refractivity contribution in [3.63, 3.8) is 0 Å². The quantitative estimate of drug-likeness (QED) is 0.787. The largest absolute Gasteiger partial charge is 0.480 e. The molecule has 0 atom stereocenters. The fraction of sp³-hybridized carbons (Fsp3) is 0.333. The van der Waals surface area contributed by atoms with E-state index in [-0.39, 0.29) is 18.1 Å². The lowest BCUT2D eigenvalue weighted by atomic mass is 9.94. The summed E-state index contributed by atoms with van der Waals surface area (Å²) in [6.45, 7) is 1.47. The van der Waals surface area contributed by atoms with Crippen LogP contribution in [0.1, 0.15) is 44.9 Å². The average Bonchev–Trinajstić information content (AvgIpc) is 3.04. The van der Waals surface area contributed by atoms with E-state index < -0.39 is 11.9 Å². The van der Waals surface area contributed by atoms with Crippen LogP contribution in [0.25, 0.3) is 0 Å². The van der Waals surface area contributed by atoms with Gasteiger partial charge in [-0.25, -0.2) is 0 Å². The number of amides is 1. The zero-order chi connectivity index (χ0) is 16.6. The lowest BCUT2D eigenvalue weighted by molar-refractivity contribution is -0.137. The van der Waals surface area contributed by atoms with Crippen LogP contribution in [0.15, 0.2) is 12.3 Å². The number of aromatic nitrogens is 3. The third-order valence-corrected chi connectivity index (χ3v) is 3.84. The fourth-order valence-electron chi connectivity index (χ4n) is 2.83. The Hall–Kier alpha value is -2.90. The summed E-state index contributed by atoms with van der Waals surface area (Å²) in [6, 6.07) is 1.52. The molecule has 0 saturated carbocycles. The van der Waals surface area contributed by atoms with Gasteiger partial charge in [0.1, 0.15) is 12.2 Å². The summed E-state index contributed by atoms with van der Waals surface area (Å²) >= 11 is 0. The van der Waals surface area contributed by atoms with E-state index >= 15 is 0 Å². The van der Waals surface area contributed by atoms with Crippen molar-refractivity contribution in [2.45, 2.75) is 32.7 Å². The lowest BCUT2D eigenvalue weighted by Crippen LogP contribution is -2.15. The minimum atomic E-state index is -1.02. The van der Waals surface area contributed by atoms with Crippen LogP contribution in [-0.4, -0.2) is 37.5 Å². The summed E-state index contributed by atoms with van der Waals surface area (Å²) in [4.78, 5) is 38.0. The van der Waals surface area contributed by atoms with Gasteiger partial charge >= 0.3 is 5.97 Å². The third kappa shape index (κ3) is 2.87. The topological polar surface area (TPSA) is 117 Å². The van der Waals surface area contributed by atoms with Crippen LogP contribution in [0.2, 0.25) is 0 Å². The molecule has 0 radical (unpaired) electrons. The highest BCUT2D eigenvalue weighted by Gasteiger charge is 2.26. The first kappa shape index (κ1) is 15.0. The van der Waals surface area contributed by atoms with Gasteiger partial charge in [-0.3, -0.25) is 19.1 Å². The highest BCUT2D eigenvalue weighted by atomic mass is 16.4. The maximum Gasteiger partial charge on any atom is 0.325 e. The molecule has 8 heteroatoms. The van der Waals surface area contributed by atoms with Gasteiger partial charge in [0.2, 0.25) is 0 Å². The zero-order valence-corrected chi connectivity index (χ0v) is 12.5. The molecule has 23 heavy (non-hydrogen) atoms. The smallest absolute Gasteiger partial charge is 0.325 e. The number of hydrogen-bond acceptors (Lipinski definition) is 4. The van der Waals surface area contributed by atoms with E-state index in [4.69, 9.17) is 5.11 Å². The van der Waals surface area contributed by atoms with E-state index in [0.29, 0.717) is 23.2 Å². The number of carboxylic acids is 1. The van der Waals surface area contributed by atoms with Gasteiger partial charge in [-0.2, -0.15) is 5.10 Å². The fourth-order valence-corrected chi connectivity index (χ4v) is 2.83. The molecule has 2 aromatic rings. The number of aryl methyl sites for hydroxylation is 1. The van der Waals surface area contributed by atoms with Crippen LogP contribution in [0.5, 0.6) is 0 Å². The van der Waals surface area contributed by atoms with Crippen LogP contribution in [0, 0.1) is 6.92 Å². The Morgan fingerprint density at radius 1 is 1.43 bits per heavy atom. The van der Waals surface area contributed by atoms with Crippen molar-refractivity contribution in [3.05, 3.63) is 34.8 Å². The number of hydrogen-bond donors (Lipinski definition) is 3. The van der Waals surface area contributed by atoms with Crippen LogP contribution in [-0.2, 0) is 17.8 Å². The molecule has 3 rings (SSSR count). The van der Waals surface area contributed by atoms with E-state index in [1.165, 1.54) is 16.9 Å². The number of carboxylic acid groups (broad SMARTS) is 1. The van der Waals surface area contributed by atoms with E-state index in [1.54, 1.807) is 6.92 Å². The number of fused-ring (bicyclic) bond motifs is 1. The number of carbonyl (C=O) groups is 3. The molecule has 0 fully saturated rings. The summed E-state index contributed by atoms with van der Waals surface area (Å²) in [5.41, 5.74) is 2.42. The molecular formula is C15H16N4O4. The van der Waals surface area contributed by atoms with Crippen molar-refractivity contribution in [3.8, 4) is 0 Å². The number of anilines is 1. The number of nitrogens with one attached hydrogen (secondary N) is 2. The molecule has 1 aliphatic rings. The van der Waals surface area contributed by atoms with Crippen molar-refractivity contribution in [1.82, 2.24) is 14.8 Å². The zero-order valence-electron chi connectivity index (χ0n) is 12.5. The SMILES string of the molecule is Cc1c(C(=O)Nc2ccn(CC(=O)O)n2)[nH]c2c1C(=O)CCC2. The van der Waals surface area contributed by atoms with Gasteiger partial charge in [-0.05, 0) is 25.3 Å². The number of rotatable bonds is 4. The molecular weight excluding hydrogens is 300 g/mol. The van der Waals surface area contributed by atoms with E-state index in [2.05, 4.69) is 15.4 Å². The second kappa shape index (κ2) is 5.71. The molecule has 2 aromatic heterocycles. The van der Waals surface area contributed by atoms with Crippen LogP contribution in [0.4, 0.5) is 5.82 Å². The van der Waals surface area contributed by atoms with Gasteiger partial charge in [0.05, 0.1) is 0 Å². The number of aromatic amines is 1. The Labute approximate surface area is 131 Å². The van der Waals surface area contributed by atoms with Gasteiger partial charge in [-0.1, -0.05) is 0 Å². The van der Waals surface area contributed by atoms with Gasteiger partial charge < -0.3 is 15.4 Å². The molecule has 1 amide bonds. The minimum absolute atomic E-state index is 0.0600. The summed E-state index contributed by atoms with van der Waals surface area (Å²) in [5.74, 6) is -1.10. The Balaban J connectivity index is 1.80. The van der Waals surface area contributed by atoms with Gasteiger partial charge in [0.25, 0.3) is 5.91 Å². The second-order valence-electron chi connectivity index (χ2n) is 5.50. The van der Waals surface area contributed by atoms with E-state index in [0.717, 1.165) is 18.5 Å². The van der Waals surface area contributed by atoms with Gasteiger partial charge in [0.15, 0.2) is 11.6 Å². The number of H-pyrrole nitrogens is 1. The first-order chi connectivity index (χ1) is 11.0. The molecule has 8 nitrogen and oxygen atoms in total. The minimum Gasteiger partial charge on any atom is -0.480 e. The maximum absolute atomic E-state index is 12.4. The number of nitrogens with zero attached hydrogens (tertiary/aromatic N) is 2. The highest BCUT2D eigenvalue weighted by molar-refractivity contribution is 6.08. The second-order valence-corrected chi connectivity index (χ2v) is 5.50. The number of carbonyl (C=O) groups excluding carboxylic acids is 2. The normalized spacial score (nSPS) is 13.7. The summed E-state index contributed by atoms with van der Waals surface area (Å²) in [5, 5.41) is 15.3. The third-order valence-electron chi connectivity index (χ3n) is 3.84. The number of Topliss-reactive ketones (excluding diaryl/α,β-unsaturated/α-hetero) is 1. The monoisotopic (exact) mass is 316 g/mol. The first-order valence-electron chi connectivity index (χ1n) is 7.27. The summed E-state index contributed by atoms with van der Waals surface area (Å²) in [7, 11) is 0. The lowest BCUT2D eigenvalue weighted by Gasteiger charge is -2.09. The summed E-state index contributed by atoms with van der Waals surface area (Å²) in [6.07, 6.45) is 3.51. The van der Waals surface area contributed by atoms with Crippen molar-refractivity contribution < 1.29 is 19.5 Å². The molecule has 0 unspecified atom stereocenters. The van der Waals surface area contributed by atoms with Crippen molar-refractivity contribution >= 4 is 23.5 Å². The number of aliphatic carboxylic acids is 1. The predicted octanol–water partition coefficient (Wildman–Crippen LogP) is 1.38. The maximum atomic E-state index is 12.4. The molecule has 2 heterocycles. The Bertz CT molecular complexity index is 803. The molecule has 120 valence electrons. The Morgan fingerprint density at radius 2 is 2.22 bits per heavy atom. The highest BCUT2D eigenvalue weighted by Crippen LogP contribution is 2.26. The van der Waals surface area contributed by atoms with Crippen molar-refractivity contribution in [2.24, 2.45) is 0 Å². The summed E-state index contributed by atoms with van der Waals surface area (Å²) < 4.78 is 1.22. The van der Waals surface area contributed by atoms with E-state index in [1.807, 2.05) is 0 Å². The van der Waals surface area contributed by atoms with Gasteiger partial charge in [0, 0.05) is 29.9 Å². The number of ketones is 1. The molecule has 0 spiro atoms. The Kier molecular flexibility index (Phi) is 3.73. The molecule has 0 saturated heterocycles. The van der Waals surface area contributed by atoms with Crippen molar-refractivity contribution in [2.75, 3.05) is 5.32 Å². The van der Waals surface area contributed by atoms with Gasteiger partial charge in [-0.15, -0.1) is 0 Å². The molecule has 0 bridgehead atoms. The Morgan fingerprint density at radius 3 is 2.91 bits per heavy atom. The van der Waals surface area contributed by atoms with E-state index in [9.17, 15) is 14.4 Å². The molecule has 3 N–H and O–H groups in total. The molecule has 0 aliphatic heterocycles. The van der Waals surface area contributed by atoms with Crippen LogP contribution >= 0.6 is 0 Å². The standard InChI is InChI=1S/C15H16N4O4/c1-8-13-9(3-2-4-10(13)20)16-14(8)15(23)17-11-5-6-19(18-11)7-12(21)22/h5-6,16H,2-4,7H2,1H3,(H,21,22)(H,17,18,23). The predicted molar refractivity (Wildman–Crippen MR) is 80.6 cm³/mol. The first-order valence-corrected chi connectivity index (χ1v) is 7.27. The average molecular weight is 316 g/mol. The van der Waals surface area contributed by atoms with Crippen molar-refractivity contribution in [1.29, 1.82) is 0 Å².